The number of nitrogens with zero attached hydrogens (tertiary/aromatic N) is 2. The highest BCUT2D eigenvalue weighted by Crippen LogP contribution is 2.01. The van der Waals surface area contributed by atoms with Gasteiger partial charge in [0.25, 0.3) is 6.33 Å². The third-order valence-corrected chi connectivity index (χ3v) is 2.72. The van der Waals surface area contributed by atoms with Crippen LogP contribution in [0.25, 0.3) is 0 Å². The highest BCUT2D eigenvalue weighted by Gasteiger charge is 2.18. The Morgan fingerprint density at radius 3 is 2.75 bits per heavy atom. The second-order valence-corrected chi connectivity index (χ2v) is 4.30. The molecule has 0 aliphatic rings. The molecule has 1 rings (SSSR count). The molecule has 0 radical (unpaired) electrons. The third-order valence-electron chi connectivity index (χ3n) is 2.72. The molecule has 0 aliphatic carbocycles. The standard InChI is InChI=1S/C12H23N2O2/c1-5-6-7-16-14-9-13(8-10(2)15)11(3)12(14)4/h9-10,15H,5-8H2,1-4H3/q+1/t10-/m0/s1. The van der Waals surface area contributed by atoms with Crippen molar-refractivity contribution in [3.63, 3.8) is 0 Å². The molecule has 1 heterocycles. The molecule has 0 bridgehead atoms. The maximum absolute atomic E-state index is 9.37. The minimum absolute atomic E-state index is 0.338. The van der Waals surface area contributed by atoms with Crippen LogP contribution in [0.1, 0.15) is 38.1 Å². The van der Waals surface area contributed by atoms with Gasteiger partial charge in [0.1, 0.15) is 18.8 Å². The summed E-state index contributed by atoms with van der Waals surface area (Å²) in [7, 11) is 0. The Labute approximate surface area is 97.4 Å². The number of aliphatic hydroxyl groups is 1. The van der Waals surface area contributed by atoms with E-state index in [0.29, 0.717) is 6.54 Å². The van der Waals surface area contributed by atoms with Gasteiger partial charge in [-0.05, 0) is 18.1 Å². The zero-order chi connectivity index (χ0) is 12.1. The van der Waals surface area contributed by atoms with E-state index in [4.69, 9.17) is 4.84 Å². The van der Waals surface area contributed by atoms with Crippen molar-refractivity contribution >= 4 is 0 Å². The van der Waals surface area contributed by atoms with Crippen LogP contribution in [0, 0.1) is 13.8 Å². The van der Waals surface area contributed by atoms with Gasteiger partial charge >= 0.3 is 0 Å². The fourth-order valence-corrected chi connectivity index (χ4v) is 1.57. The van der Waals surface area contributed by atoms with Crippen molar-refractivity contribution in [3.8, 4) is 0 Å². The molecule has 92 valence electrons. The maximum atomic E-state index is 9.37. The van der Waals surface area contributed by atoms with Crippen LogP contribution < -0.4 is 9.40 Å². The first kappa shape index (κ1) is 13.0. The molecule has 0 saturated heterocycles. The number of unbranched alkanes of at least 4 members (excludes halogenated alkanes) is 1. The summed E-state index contributed by atoms with van der Waals surface area (Å²) in [4.78, 5) is 5.63. The SMILES string of the molecule is CCCCOn1c[n+](C[C@H](C)O)c(C)c1C. The topological polar surface area (TPSA) is 38.3 Å². The van der Waals surface area contributed by atoms with Gasteiger partial charge in [-0.15, -0.1) is 0 Å². The molecule has 4 nitrogen and oxygen atoms in total. The summed E-state index contributed by atoms with van der Waals surface area (Å²) < 4.78 is 3.82. The molecule has 0 aromatic carbocycles. The molecule has 0 unspecified atom stereocenters. The minimum Gasteiger partial charge on any atom is -0.389 e. The summed E-state index contributed by atoms with van der Waals surface area (Å²) in [5.74, 6) is 0. The average molecular weight is 227 g/mol. The molecule has 1 aromatic heterocycles. The lowest BCUT2D eigenvalue weighted by atomic mass is 10.3. The van der Waals surface area contributed by atoms with Crippen LogP contribution in [-0.4, -0.2) is 22.5 Å². The number of rotatable bonds is 6. The Morgan fingerprint density at radius 2 is 2.19 bits per heavy atom. The lowest BCUT2D eigenvalue weighted by molar-refractivity contribution is -0.709. The predicted molar refractivity (Wildman–Crippen MR) is 62.1 cm³/mol. The maximum Gasteiger partial charge on any atom is 0.284 e. The molecule has 16 heavy (non-hydrogen) atoms. The number of aliphatic hydroxyl groups excluding tert-OH is 1. The highest BCUT2D eigenvalue weighted by molar-refractivity contribution is 5.01. The van der Waals surface area contributed by atoms with Crippen molar-refractivity contribution in [2.75, 3.05) is 6.61 Å². The molecule has 0 aliphatic heterocycles. The van der Waals surface area contributed by atoms with Gasteiger partial charge in [-0.2, -0.15) is 0 Å². The molecule has 0 spiro atoms. The van der Waals surface area contributed by atoms with Gasteiger partial charge < -0.3 is 9.94 Å². The van der Waals surface area contributed by atoms with E-state index >= 15 is 0 Å². The molecular weight excluding hydrogens is 204 g/mol. The van der Waals surface area contributed by atoms with Crippen LogP contribution in [0.5, 0.6) is 0 Å². The number of aromatic nitrogens is 2. The van der Waals surface area contributed by atoms with Crippen molar-refractivity contribution in [2.45, 2.75) is 53.2 Å². The lowest BCUT2D eigenvalue weighted by Crippen LogP contribution is -2.40. The zero-order valence-electron chi connectivity index (χ0n) is 10.7. The zero-order valence-corrected chi connectivity index (χ0v) is 10.7. The molecule has 4 heteroatoms. The quantitative estimate of drug-likeness (QED) is 0.581. The summed E-state index contributed by atoms with van der Waals surface area (Å²) in [6, 6.07) is 0. The summed E-state index contributed by atoms with van der Waals surface area (Å²) >= 11 is 0. The molecule has 0 fully saturated rings. The minimum atomic E-state index is -0.338. The van der Waals surface area contributed by atoms with Gasteiger partial charge in [-0.1, -0.05) is 13.3 Å². The van der Waals surface area contributed by atoms with E-state index in [1.165, 1.54) is 0 Å². The second-order valence-electron chi connectivity index (χ2n) is 4.30. The van der Waals surface area contributed by atoms with Crippen LogP contribution in [0.3, 0.4) is 0 Å². The first-order valence-electron chi connectivity index (χ1n) is 5.95. The Balaban J connectivity index is 2.71. The largest absolute Gasteiger partial charge is 0.389 e. The predicted octanol–water partition coefficient (Wildman–Crippen LogP) is 1.00. The van der Waals surface area contributed by atoms with Crippen LogP contribution in [0.2, 0.25) is 0 Å². The van der Waals surface area contributed by atoms with Crippen molar-refractivity contribution in [2.24, 2.45) is 0 Å². The van der Waals surface area contributed by atoms with Crippen molar-refractivity contribution in [1.82, 2.24) is 4.73 Å². The molecule has 1 aromatic rings. The lowest BCUT2D eigenvalue weighted by Gasteiger charge is -2.00. The van der Waals surface area contributed by atoms with E-state index in [0.717, 1.165) is 30.8 Å². The molecule has 0 amide bonds. The van der Waals surface area contributed by atoms with E-state index in [-0.39, 0.29) is 6.10 Å². The molecular formula is C12H23N2O2+. The second kappa shape index (κ2) is 5.89. The van der Waals surface area contributed by atoms with Crippen LogP contribution in [-0.2, 0) is 6.54 Å². The van der Waals surface area contributed by atoms with Crippen LogP contribution >= 0.6 is 0 Å². The van der Waals surface area contributed by atoms with Gasteiger partial charge in [0, 0.05) is 13.8 Å². The van der Waals surface area contributed by atoms with Gasteiger partial charge in [-0.3, -0.25) is 0 Å². The van der Waals surface area contributed by atoms with Crippen LogP contribution in [0.4, 0.5) is 0 Å². The van der Waals surface area contributed by atoms with Crippen molar-refractivity contribution in [3.05, 3.63) is 17.7 Å². The molecule has 1 N–H and O–H groups in total. The fraction of sp³-hybridized carbons (Fsp3) is 0.750. The third kappa shape index (κ3) is 3.23. The Morgan fingerprint density at radius 1 is 1.50 bits per heavy atom. The summed E-state index contributed by atoms with van der Waals surface area (Å²) in [6.45, 7) is 9.34. The summed E-state index contributed by atoms with van der Waals surface area (Å²) in [6.07, 6.45) is 3.77. The van der Waals surface area contributed by atoms with Crippen LogP contribution in [0.15, 0.2) is 6.33 Å². The van der Waals surface area contributed by atoms with Gasteiger partial charge in [0.2, 0.25) is 0 Å². The van der Waals surface area contributed by atoms with E-state index in [2.05, 4.69) is 6.92 Å². The Hall–Kier alpha value is -1.03. The Kier molecular flexibility index (Phi) is 4.80. The van der Waals surface area contributed by atoms with Crippen molar-refractivity contribution < 1.29 is 14.5 Å². The van der Waals surface area contributed by atoms with E-state index in [1.54, 1.807) is 11.7 Å². The fourth-order valence-electron chi connectivity index (χ4n) is 1.57. The van der Waals surface area contributed by atoms with E-state index < -0.39 is 0 Å². The first-order chi connectivity index (χ1) is 7.56. The molecule has 1 atom stereocenters. The molecule has 0 saturated carbocycles. The average Bonchev–Trinajstić information content (AvgIpc) is 2.47. The smallest absolute Gasteiger partial charge is 0.284 e. The van der Waals surface area contributed by atoms with Gasteiger partial charge in [0.15, 0.2) is 5.69 Å². The van der Waals surface area contributed by atoms with Gasteiger partial charge in [0.05, 0.1) is 6.10 Å². The van der Waals surface area contributed by atoms with E-state index in [9.17, 15) is 5.11 Å². The summed E-state index contributed by atoms with van der Waals surface area (Å²) in [5.41, 5.74) is 2.23. The number of hydrogen-bond acceptors (Lipinski definition) is 2. The summed E-state index contributed by atoms with van der Waals surface area (Å²) in [5, 5.41) is 9.37. The Bertz CT molecular complexity index is 332. The first-order valence-corrected chi connectivity index (χ1v) is 5.95. The van der Waals surface area contributed by atoms with Crippen molar-refractivity contribution in [1.29, 1.82) is 0 Å². The normalized spacial score (nSPS) is 12.8. The highest BCUT2D eigenvalue weighted by atomic mass is 16.7. The van der Waals surface area contributed by atoms with Gasteiger partial charge in [-0.25, -0.2) is 4.57 Å². The number of hydrogen-bond donors (Lipinski definition) is 1. The number of imidazole rings is 1. The monoisotopic (exact) mass is 227 g/mol. The van der Waals surface area contributed by atoms with E-state index in [1.807, 2.05) is 24.7 Å².